The summed E-state index contributed by atoms with van der Waals surface area (Å²) in [6.45, 7) is 3.42. The lowest BCUT2D eigenvalue weighted by Crippen LogP contribution is -2.43. The first-order chi connectivity index (χ1) is 14.6. The number of hydrogen-bond acceptors (Lipinski definition) is 8. The molecule has 1 fully saturated rings. The number of hydrogen-bond donors (Lipinski definition) is 1. The maximum absolute atomic E-state index is 12.8. The van der Waals surface area contributed by atoms with E-state index in [1.165, 1.54) is 11.3 Å². The molecule has 30 heavy (non-hydrogen) atoms. The van der Waals surface area contributed by atoms with Gasteiger partial charge in [0.25, 0.3) is 0 Å². The number of methoxy groups -OCH3 is 1. The van der Waals surface area contributed by atoms with Gasteiger partial charge in [-0.2, -0.15) is 0 Å². The Hall–Kier alpha value is -3.04. The van der Waals surface area contributed by atoms with Gasteiger partial charge >= 0.3 is 0 Å². The minimum absolute atomic E-state index is 0.0650. The van der Waals surface area contributed by atoms with E-state index in [0.717, 1.165) is 22.0 Å². The molecule has 1 N–H and O–H groups in total. The van der Waals surface area contributed by atoms with Crippen LogP contribution in [0.3, 0.4) is 0 Å². The molecule has 1 saturated heterocycles. The van der Waals surface area contributed by atoms with Gasteiger partial charge < -0.3 is 19.7 Å². The Labute approximate surface area is 178 Å². The number of rotatable bonds is 6. The van der Waals surface area contributed by atoms with Crippen LogP contribution in [0, 0.1) is 6.92 Å². The van der Waals surface area contributed by atoms with Crippen LogP contribution in [0.2, 0.25) is 0 Å². The lowest BCUT2D eigenvalue weighted by atomic mass is 10.1. The predicted octanol–water partition coefficient (Wildman–Crippen LogP) is 3.14. The van der Waals surface area contributed by atoms with Gasteiger partial charge in [-0.05, 0) is 36.8 Å². The van der Waals surface area contributed by atoms with E-state index in [1.807, 2.05) is 54.3 Å². The second kappa shape index (κ2) is 9.19. The zero-order valence-electron chi connectivity index (χ0n) is 16.9. The van der Waals surface area contributed by atoms with Gasteiger partial charge in [-0.3, -0.25) is 4.79 Å². The van der Waals surface area contributed by atoms with Crippen LogP contribution in [0.25, 0.3) is 0 Å². The lowest BCUT2D eigenvalue weighted by Gasteiger charge is -2.33. The quantitative estimate of drug-likeness (QED) is 0.649. The predicted molar refractivity (Wildman–Crippen MR) is 114 cm³/mol. The fourth-order valence-corrected chi connectivity index (χ4v) is 3.88. The number of nitrogens with one attached hydrogen (secondary N) is 1. The van der Waals surface area contributed by atoms with Crippen molar-refractivity contribution in [3.8, 4) is 5.75 Å². The first-order valence-electron chi connectivity index (χ1n) is 9.67. The van der Waals surface area contributed by atoms with Gasteiger partial charge in [0, 0.05) is 6.54 Å². The summed E-state index contributed by atoms with van der Waals surface area (Å²) < 4.78 is 11.2. The van der Waals surface area contributed by atoms with Crippen molar-refractivity contribution >= 4 is 28.2 Å². The second-order valence-corrected chi connectivity index (χ2v) is 8.11. The summed E-state index contributed by atoms with van der Waals surface area (Å²) >= 11 is 1.47. The molecule has 3 heterocycles. The first-order valence-corrected chi connectivity index (χ1v) is 10.5. The van der Waals surface area contributed by atoms with Crippen LogP contribution in [0.4, 0.5) is 10.9 Å². The van der Waals surface area contributed by atoms with Gasteiger partial charge in [0.1, 0.15) is 22.7 Å². The van der Waals surface area contributed by atoms with E-state index < -0.39 is 0 Å². The Morgan fingerprint density at radius 2 is 2.17 bits per heavy atom. The molecule has 0 spiro atoms. The van der Waals surface area contributed by atoms with Crippen molar-refractivity contribution in [2.24, 2.45) is 0 Å². The molecule has 0 bridgehead atoms. The molecule has 0 aliphatic carbocycles. The molecule has 8 nitrogen and oxygen atoms in total. The molecule has 9 heteroatoms. The van der Waals surface area contributed by atoms with Crippen LogP contribution in [0.15, 0.2) is 42.5 Å². The molecule has 0 radical (unpaired) electrons. The number of carbonyl (C=O) groups is 1. The molecule has 1 aliphatic rings. The Balaban J connectivity index is 1.42. The zero-order chi connectivity index (χ0) is 20.9. The molecule has 156 valence electrons. The summed E-state index contributed by atoms with van der Waals surface area (Å²) in [4.78, 5) is 19.3. The van der Waals surface area contributed by atoms with Crippen LogP contribution in [-0.2, 0) is 16.0 Å². The molecule has 0 saturated carbocycles. The van der Waals surface area contributed by atoms with Crippen LogP contribution >= 0.6 is 11.3 Å². The minimum Gasteiger partial charge on any atom is -0.497 e. The van der Waals surface area contributed by atoms with E-state index in [1.54, 1.807) is 7.11 Å². The zero-order valence-corrected chi connectivity index (χ0v) is 17.7. The number of ether oxygens (including phenoxy) is 2. The first kappa shape index (κ1) is 20.2. The number of amides is 1. The molecule has 0 unspecified atom stereocenters. The smallest absolute Gasteiger partial charge is 0.227 e. The highest BCUT2D eigenvalue weighted by Crippen LogP contribution is 2.25. The normalized spacial score (nSPS) is 16.3. The maximum atomic E-state index is 12.8. The van der Waals surface area contributed by atoms with E-state index in [9.17, 15) is 4.79 Å². The standard InChI is InChI=1S/C21H23N5O3S/c1-14-24-25-21(30-14)23-19-8-4-7-17(22-19)18-13-26(9-10-29-18)20(27)12-15-5-3-6-16(11-15)28-2/h3-8,11,18H,9-10,12-13H2,1-2H3,(H,22,23,25)/t18-/m1/s1. The average Bonchev–Trinajstić information content (AvgIpc) is 3.18. The van der Waals surface area contributed by atoms with Gasteiger partial charge in [0.05, 0.1) is 32.4 Å². The van der Waals surface area contributed by atoms with Crippen molar-refractivity contribution in [1.82, 2.24) is 20.1 Å². The molecule has 2 aromatic heterocycles. The van der Waals surface area contributed by atoms with Crippen molar-refractivity contribution in [3.63, 3.8) is 0 Å². The van der Waals surface area contributed by atoms with Gasteiger partial charge in [-0.15, -0.1) is 10.2 Å². The molecule has 1 amide bonds. The number of benzene rings is 1. The molecule has 1 aromatic carbocycles. The summed E-state index contributed by atoms with van der Waals surface area (Å²) in [6, 6.07) is 13.3. The highest BCUT2D eigenvalue weighted by atomic mass is 32.1. The summed E-state index contributed by atoms with van der Waals surface area (Å²) in [5.41, 5.74) is 1.71. The maximum Gasteiger partial charge on any atom is 0.227 e. The van der Waals surface area contributed by atoms with Crippen molar-refractivity contribution in [3.05, 3.63) is 58.7 Å². The van der Waals surface area contributed by atoms with E-state index in [-0.39, 0.29) is 12.0 Å². The van der Waals surface area contributed by atoms with Gasteiger partial charge in [-0.25, -0.2) is 4.98 Å². The van der Waals surface area contributed by atoms with Crippen molar-refractivity contribution in [1.29, 1.82) is 0 Å². The van der Waals surface area contributed by atoms with Gasteiger partial charge in [0.15, 0.2) is 0 Å². The molecule has 1 atom stereocenters. The highest BCUT2D eigenvalue weighted by molar-refractivity contribution is 7.15. The summed E-state index contributed by atoms with van der Waals surface area (Å²) in [6.07, 6.45) is 0.0564. The number of anilines is 2. The number of pyridine rings is 1. The van der Waals surface area contributed by atoms with Gasteiger partial charge in [0.2, 0.25) is 11.0 Å². The van der Waals surface area contributed by atoms with Gasteiger partial charge in [-0.1, -0.05) is 29.5 Å². The third-order valence-electron chi connectivity index (χ3n) is 4.77. The Kier molecular flexibility index (Phi) is 6.20. The lowest BCUT2D eigenvalue weighted by molar-refractivity contribution is -0.138. The third kappa shape index (κ3) is 4.92. The Morgan fingerprint density at radius 1 is 1.30 bits per heavy atom. The monoisotopic (exact) mass is 425 g/mol. The van der Waals surface area contributed by atoms with Crippen LogP contribution < -0.4 is 10.1 Å². The number of carbonyl (C=O) groups excluding carboxylic acids is 1. The molecule has 4 rings (SSSR count). The Morgan fingerprint density at radius 3 is 2.97 bits per heavy atom. The summed E-state index contributed by atoms with van der Waals surface area (Å²) in [5, 5.41) is 12.8. The van der Waals surface area contributed by atoms with E-state index in [0.29, 0.717) is 37.1 Å². The fourth-order valence-electron chi connectivity index (χ4n) is 3.28. The topological polar surface area (TPSA) is 89.5 Å². The van der Waals surface area contributed by atoms with Crippen LogP contribution in [-0.4, -0.2) is 52.8 Å². The fraction of sp³-hybridized carbons (Fsp3) is 0.333. The van der Waals surface area contributed by atoms with E-state index in [4.69, 9.17) is 9.47 Å². The average molecular weight is 426 g/mol. The van der Waals surface area contributed by atoms with Crippen LogP contribution in [0.1, 0.15) is 22.4 Å². The number of aryl methyl sites for hydroxylation is 1. The molecular weight excluding hydrogens is 402 g/mol. The number of morpholine rings is 1. The summed E-state index contributed by atoms with van der Waals surface area (Å²) in [5.74, 6) is 1.49. The SMILES string of the molecule is COc1cccc(CC(=O)N2CCO[C@@H](c3cccc(Nc4nnc(C)s4)n3)C2)c1. The van der Waals surface area contributed by atoms with Crippen LogP contribution in [0.5, 0.6) is 5.75 Å². The third-order valence-corrected chi connectivity index (χ3v) is 5.52. The van der Waals surface area contributed by atoms with Crippen molar-refractivity contribution in [2.75, 3.05) is 32.1 Å². The number of nitrogens with zero attached hydrogens (tertiary/aromatic N) is 4. The largest absolute Gasteiger partial charge is 0.497 e. The molecule has 3 aromatic rings. The minimum atomic E-state index is -0.272. The molecule has 1 aliphatic heterocycles. The second-order valence-electron chi connectivity index (χ2n) is 6.93. The van der Waals surface area contributed by atoms with Crippen molar-refractivity contribution in [2.45, 2.75) is 19.4 Å². The highest BCUT2D eigenvalue weighted by Gasteiger charge is 2.26. The van der Waals surface area contributed by atoms with Crippen molar-refractivity contribution < 1.29 is 14.3 Å². The van der Waals surface area contributed by atoms with E-state index >= 15 is 0 Å². The van der Waals surface area contributed by atoms with E-state index in [2.05, 4.69) is 20.5 Å². The molecular formula is C21H23N5O3S. The summed E-state index contributed by atoms with van der Waals surface area (Å²) in [7, 11) is 1.62. The number of aromatic nitrogens is 3. The Bertz CT molecular complexity index is 1030.